The lowest BCUT2D eigenvalue weighted by atomic mass is 9.76. The maximum Gasteiger partial charge on any atom is 0.233 e. The smallest absolute Gasteiger partial charge is 0.233 e. The third-order valence-corrected chi connectivity index (χ3v) is 7.07. The van der Waals surface area contributed by atoms with Crippen LogP contribution in [0.3, 0.4) is 0 Å². The molecule has 0 radical (unpaired) electrons. The fourth-order valence-electron chi connectivity index (χ4n) is 5.61. The summed E-state index contributed by atoms with van der Waals surface area (Å²) in [4.78, 5) is 20.4. The summed E-state index contributed by atoms with van der Waals surface area (Å²) in [5.41, 5.74) is 5.13. The summed E-state index contributed by atoms with van der Waals surface area (Å²) in [6.07, 6.45) is 8.52. The minimum atomic E-state index is -0.389. The van der Waals surface area contributed by atoms with E-state index in [4.69, 9.17) is 4.74 Å². The van der Waals surface area contributed by atoms with Crippen molar-refractivity contribution in [2.45, 2.75) is 51.4 Å². The van der Waals surface area contributed by atoms with Gasteiger partial charge < -0.3 is 9.64 Å². The Morgan fingerprint density at radius 1 is 1.16 bits per heavy atom. The van der Waals surface area contributed by atoms with Gasteiger partial charge in [-0.3, -0.25) is 4.79 Å². The van der Waals surface area contributed by atoms with Crippen molar-refractivity contribution in [1.82, 2.24) is 19.5 Å². The van der Waals surface area contributed by atoms with Crippen molar-refractivity contribution in [3.8, 4) is 0 Å². The first-order valence-corrected chi connectivity index (χ1v) is 11.8. The fourth-order valence-corrected chi connectivity index (χ4v) is 5.61. The van der Waals surface area contributed by atoms with Crippen molar-refractivity contribution in [1.29, 1.82) is 0 Å². The highest BCUT2D eigenvalue weighted by Crippen LogP contribution is 2.43. The van der Waals surface area contributed by atoms with E-state index in [1.54, 1.807) is 6.20 Å². The molecule has 1 saturated carbocycles. The van der Waals surface area contributed by atoms with Crippen LogP contribution in [0.25, 0.3) is 5.65 Å². The normalized spacial score (nSPS) is 21.1. The maximum absolute atomic E-state index is 14.1. The SMILES string of the molecule is Cc1cc(C)cc(C2(C(=O)N3CCOC[C@H](Cc4ccc5nccn5n4)C3)CCCC2)c1. The van der Waals surface area contributed by atoms with Gasteiger partial charge in [0.15, 0.2) is 5.65 Å². The van der Waals surface area contributed by atoms with E-state index >= 15 is 0 Å². The molecule has 2 aromatic heterocycles. The maximum atomic E-state index is 14.1. The second-order valence-corrected chi connectivity index (χ2v) is 9.62. The molecule has 0 unspecified atom stereocenters. The minimum absolute atomic E-state index is 0.229. The van der Waals surface area contributed by atoms with Crippen LogP contribution in [0, 0.1) is 19.8 Å². The number of nitrogens with zero attached hydrogens (tertiary/aromatic N) is 4. The van der Waals surface area contributed by atoms with Gasteiger partial charge in [-0.2, -0.15) is 5.10 Å². The molecule has 168 valence electrons. The number of fused-ring (bicyclic) bond motifs is 1. The van der Waals surface area contributed by atoms with E-state index in [1.165, 1.54) is 16.7 Å². The van der Waals surface area contributed by atoms with E-state index in [-0.39, 0.29) is 17.2 Å². The van der Waals surface area contributed by atoms with Crippen LogP contribution in [0.15, 0.2) is 42.7 Å². The summed E-state index contributed by atoms with van der Waals surface area (Å²) >= 11 is 0. The van der Waals surface area contributed by atoms with Crippen molar-refractivity contribution in [2.24, 2.45) is 5.92 Å². The number of benzene rings is 1. The molecule has 32 heavy (non-hydrogen) atoms. The van der Waals surface area contributed by atoms with Crippen LogP contribution >= 0.6 is 0 Å². The monoisotopic (exact) mass is 432 g/mol. The Bertz CT molecular complexity index is 1100. The van der Waals surface area contributed by atoms with Gasteiger partial charge in [0.05, 0.1) is 24.3 Å². The molecule has 3 heterocycles. The lowest BCUT2D eigenvalue weighted by molar-refractivity contribution is -0.137. The molecule has 2 aliphatic rings. The zero-order chi connectivity index (χ0) is 22.1. The number of hydrogen-bond acceptors (Lipinski definition) is 4. The highest BCUT2D eigenvalue weighted by molar-refractivity contribution is 5.89. The fraction of sp³-hybridized carbons (Fsp3) is 0.500. The first kappa shape index (κ1) is 21.1. The summed E-state index contributed by atoms with van der Waals surface area (Å²) in [7, 11) is 0. The number of aromatic nitrogens is 3. The minimum Gasteiger partial charge on any atom is -0.379 e. The number of carbonyl (C=O) groups is 1. The second kappa shape index (κ2) is 8.66. The molecular weight excluding hydrogens is 400 g/mol. The molecule has 1 aliphatic heterocycles. The van der Waals surface area contributed by atoms with Crippen molar-refractivity contribution in [3.05, 3.63) is 65.1 Å². The van der Waals surface area contributed by atoms with Gasteiger partial charge in [0.1, 0.15) is 0 Å². The average Bonchev–Trinajstić information content (AvgIpc) is 3.39. The van der Waals surface area contributed by atoms with E-state index in [2.05, 4.69) is 47.0 Å². The summed E-state index contributed by atoms with van der Waals surface area (Å²) in [6, 6.07) is 10.7. The predicted octanol–water partition coefficient (Wildman–Crippen LogP) is 3.88. The van der Waals surface area contributed by atoms with Crippen LogP contribution in [0.1, 0.15) is 48.1 Å². The lowest BCUT2D eigenvalue weighted by Crippen LogP contribution is -2.47. The van der Waals surface area contributed by atoms with Gasteiger partial charge in [0, 0.05) is 31.4 Å². The molecule has 0 spiro atoms. The van der Waals surface area contributed by atoms with E-state index in [0.717, 1.165) is 50.0 Å². The largest absolute Gasteiger partial charge is 0.379 e. The second-order valence-electron chi connectivity index (χ2n) is 9.62. The average molecular weight is 433 g/mol. The molecule has 0 bridgehead atoms. The molecule has 5 rings (SSSR count). The van der Waals surface area contributed by atoms with Gasteiger partial charge in [0.25, 0.3) is 0 Å². The molecule has 6 nitrogen and oxygen atoms in total. The number of aryl methyl sites for hydroxylation is 2. The van der Waals surface area contributed by atoms with Gasteiger partial charge in [-0.25, -0.2) is 9.50 Å². The van der Waals surface area contributed by atoms with Crippen LogP contribution in [0.5, 0.6) is 0 Å². The molecule has 2 fully saturated rings. The van der Waals surface area contributed by atoms with Gasteiger partial charge in [-0.1, -0.05) is 42.2 Å². The molecule has 1 amide bonds. The van der Waals surface area contributed by atoms with E-state index in [9.17, 15) is 4.79 Å². The Balaban J connectivity index is 1.38. The standard InChI is InChI=1S/C26H32N4O2/c1-19-13-20(2)15-22(14-19)26(7-3-4-8-26)25(31)29-11-12-32-18-21(17-29)16-23-5-6-24-27-9-10-30(24)28-23/h5-6,9-10,13-15,21H,3-4,7-8,11-12,16-18H2,1-2H3/t21-/m1/s1. The number of ether oxygens (including phenoxy) is 1. The van der Waals surface area contributed by atoms with Crippen LogP contribution in [-0.4, -0.2) is 51.7 Å². The van der Waals surface area contributed by atoms with Gasteiger partial charge >= 0.3 is 0 Å². The molecule has 1 saturated heterocycles. The van der Waals surface area contributed by atoms with Crippen LogP contribution in [0.4, 0.5) is 0 Å². The Morgan fingerprint density at radius 2 is 1.94 bits per heavy atom. The van der Waals surface area contributed by atoms with E-state index in [1.807, 2.05) is 22.8 Å². The Labute approximate surface area is 189 Å². The number of imidazole rings is 1. The summed E-state index contributed by atoms with van der Waals surface area (Å²) in [6.45, 7) is 6.89. The van der Waals surface area contributed by atoms with Gasteiger partial charge in [-0.15, -0.1) is 0 Å². The third-order valence-electron chi connectivity index (χ3n) is 7.07. The number of amides is 1. The van der Waals surface area contributed by atoms with Crippen molar-refractivity contribution in [3.63, 3.8) is 0 Å². The molecule has 1 aliphatic carbocycles. The zero-order valence-corrected chi connectivity index (χ0v) is 19.1. The van der Waals surface area contributed by atoms with Crippen LogP contribution in [0.2, 0.25) is 0 Å². The molecule has 3 aromatic rings. The van der Waals surface area contributed by atoms with E-state index in [0.29, 0.717) is 19.8 Å². The predicted molar refractivity (Wildman–Crippen MR) is 124 cm³/mol. The van der Waals surface area contributed by atoms with Crippen molar-refractivity contribution in [2.75, 3.05) is 26.3 Å². The first-order chi connectivity index (χ1) is 15.5. The van der Waals surface area contributed by atoms with Crippen LogP contribution < -0.4 is 0 Å². The number of hydrogen-bond donors (Lipinski definition) is 0. The van der Waals surface area contributed by atoms with Crippen molar-refractivity contribution < 1.29 is 9.53 Å². The zero-order valence-electron chi connectivity index (χ0n) is 19.1. The third kappa shape index (κ3) is 4.04. The highest BCUT2D eigenvalue weighted by Gasteiger charge is 2.45. The molecule has 1 atom stereocenters. The number of rotatable bonds is 4. The number of carbonyl (C=O) groups excluding carboxylic acids is 1. The van der Waals surface area contributed by atoms with E-state index < -0.39 is 0 Å². The summed E-state index contributed by atoms with van der Waals surface area (Å²) in [5, 5.41) is 4.68. The Hall–Kier alpha value is -2.73. The van der Waals surface area contributed by atoms with Gasteiger partial charge in [-0.05, 0) is 50.8 Å². The molecular formula is C26H32N4O2. The first-order valence-electron chi connectivity index (χ1n) is 11.8. The van der Waals surface area contributed by atoms with Crippen molar-refractivity contribution >= 4 is 11.6 Å². The summed E-state index contributed by atoms with van der Waals surface area (Å²) in [5.74, 6) is 0.515. The Kier molecular flexibility index (Phi) is 5.72. The molecule has 6 heteroatoms. The van der Waals surface area contributed by atoms with Crippen LogP contribution in [-0.2, 0) is 21.4 Å². The quantitative estimate of drug-likeness (QED) is 0.628. The topological polar surface area (TPSA) is 59.7 Å². The molecule has 0 N–H and O–H groups in total. The lowest BCUT2D eigenvalue weighted by Gasteiger charge is -2.35. The highest BCUT2D eigenvalue weighted by atomic mass is 16.5. The Morgan fingerprint density at radius 3 is 2.72 bits per heavy atom. The molecule has 1 aromatic carbocycles. The summed E-state index contributed by atoms with van der Waals surface area (Å²) < 4.78 is 7.74. The van der Waals surface area contributed by atoms with Gasteiger partial charge in [0.2, 0.25) is 5.91 Å².